The van der Waals surface area contributed by atoms with Crippen LogP contribution in [0.2, 0.25) is 0 Å². The smallest absolute Gasteiger partial charge is 0.242 e. The van der Waals surface area contributed by atoms with Gasteiger partial charge in [-0.05, 0) is 50.5 Å². The summed E-state index contributed by atoms with van der Waals surface area (Å²) in [5, 5.41) is 15.0. The van der Waals surface area contributed by atoms with Gasteiger partial charge in [0.15, 0.2) is 0 Å². The van der Waals surface area contributed by atoms with Crippen molar-refractivity contribution in [3.63, 3.8) is 0 Å². The maximum absolute atomic E-state index is 5.50. The Kier molecular flexibility index (Phi) is 5.92. The summed E-state index contributed by atoms with van der Waals surface area (Å²) >= 11 is 0. The zero-order valence-electron chi connectivity index (χ0n) is 17.4. The molecule has 3 aromatic rings. The predicted octanol–water partition coefficient (Wildman–Crippen LogP) is 3.70. The number of aromatic nitrogens is 4. The molecule has 1 aliphatic carbocycles. The van der Waals surface area contributed by atoms with Crippen molar-refractivity contribution in [2.45, 2.75) is 38.3 Å². The van der Waals surface area contributed by atoms with Crippen LogP contribution in [0.1, 0.15) is 25.0 Å². The van der Waals surface area contributed by atoms with Crippen LogP contribution < -0.4 is 20.1 Å². The fourth-order valence-corrected chi connectivity index (χ4v) is 3.80. The maximum Gasteiger partial charge on any atom is 0.242 e. The molecule has 156 valence electrons. The quantitative estimate of drug-likeness (QED) is 0.613. The molecule has 8 heteroatoms. The molecular weight excluding hydrogens is 380 g/mol. The van der Waals surface area contributed by atoms with E-state index in [1.54, 1.807) is 20.4 Å². The van der Waals surface area contributed by atoms with Crippen LogP contribution in [-0.2, 0) is 0 Å². The number of nitrogens with zero attached hydrogens (tertiary/aromatic N) is 4. The van der Waals surface area contributed by atoms with E-state index in [0.29, 0.717) is 18.0 Å². The fraction of sp³-hybridized carbons (Fsp3) is 0.364. The number of nitrogens with one attached hydrogen (secondary N) is 2. The normalized spacial score (nSPS) is 18.1. The van der Waals surface area contributed by atoms with Gasteiger partial charge in [0.25, 0.3) is 0 Å². The lowest BCUT2D eigenvalue weighted by Crippen LogP contribution is -2.22. The second-order valence-corrected chi connectivity index (χ2v) is 7.39. The van der Waals surface area contributed by atoms with Gasteiger partial charge >= 0.3 is 0 Å². The molecule has 0 saturated heterocycles. The average molecular weight is 406 g/mol. The molecule has 0 unspecified atom stereocenters. The van der Waals surface area contributed by atoms with Crippen LogP contribution in [0.4, 0.5) is 11.8 Å². The predicted molar refractivity (Wildman–Crippen MR) is 116 cm³/mol. The number of hydrogen-bond acceptors (Lipinski definition) is 8. The highest BCUT2D eigenvalue weighted by Gasteiger charge is 2.25. The Morgan fingerprint density at radius 2 is 1.60 bits per heavy atom. The monoisotopic (exact) mass is 406 g/mol. The van der Waals surface area contributed by atoms with Gasteiger partial charge < -0.3 is 20.1 Å². The molecule has 1 aliphatic rings. The summed E-state index contributed by atoms with van der Waals surface area (Å²) in [6.07, 6.45) is 6.65. The van der Waals surface area contributed by atoms with E-state index in [0.717, 1.165) is 53.4 Å². The largest absolute Gasteiger partial charge is 0.496 e. The lowest BCUT2D eigenvalue weighted by atomic mass is 10.1. The zero-order valence-corrected chi connectivity index (χ0v) is 17.4. The molecule has 1 aromatic carbocycles. The van der Waals surface area contributed by atoms with Gasteiger partial charge in [0, 0.05) is 23.8 Å². The molecule has 2 heterocycles. The number of methoxy groups -OCH3 is 2. The van der Waals surface area contributed by atoms with E-state index in [9.17, 15) is 0 Å². The molecule has 0 radical (unpaired) electrons. The van der Waals surface area contributed by atoms with Crippen molar-refractivity contribution in [1.82, 2.24) is 20.2 Å². The number of pyridine rings is 1. The van der Waals surface area contributed by atoms with Crippen molar-refractivity contribution in [3.8, 4) is 22.6 Å². The second kappa shape index (κ2) is 8.94. The van der Waals surface area contributed by atoms with Gasteiger partial charge in [0.1, 0.15) is 17.3 Å². The third kappa shape index (κ3) is 4.42. The lowest BCUT2D eigenvalue weighted by molar-refractivity contribution is 0.397. The van der Waals surface area contributed by atoms with Crippen LogP contribution in [-0.4, -0.2) is 46.5 Å². The number of ether oxygens (including phenoxy) is 2. The Morgan fingerprint density at radius 1 is 0.867 bits per heavy atom. The number of anilines is 2. The summed E-state index contributed by atoms with van der Waals surface area (Å²) in [5.41, 5.74) is 2.66. The van der Waals surface area contributed by atoms with Crippen molar-refractivity contribution in [2.75, 3.05) is 24.9 Å². The molecule has 2 aromatic heterocycles. The number of hydrogen-bond donors (Lipinski definition) is 2. The second-order valence-electron chi connectivity index (χ2n) is 7.39. The van der Waals surface area contributed by atoms with Crippen LogP contribution in [0.15, 0.2) is 42.7 Å². The third-order valence-corrected chi connectivity index (χ3v) is 5.27. The van der Waals surface area contributed by atoms with Gasteiger partial charge in [0.2, 0.25) is 5.95 Å². The minimum atomic E-state index is 0.323. The molecular formula is C22H26N6O2. The van der Waals surface area contributed by atoms with Crippen molar-refractivity contribution in [2.24, 2.45) is 0 Å². The summed E-state index contributed by atoms with van der Waals surface area (Å²) < 4.78 is 11.0. The van der Waals surface area contributed by atoms with Crippen LogP contribution in [0.3, 0.4) is 0 Å². The zero-order chi connectivity index (χ0) is 20.9. The van der Waals surface area contributed by atoms with Crippen molar-refractivity contribution in [3.05, 3.63) is 48.4 Å². The van der Waals surface area contributed by atoms with Crippen LogP contribution >= 0.6 is 0 Å². The summed E-state index contributed by atoms with van der Waals surface area (Å²) in [6.45, 7) is 1.88. The molecule has 1 fully saturated rings. The number of aryl methyl sites for hydroxylation is 1. The summed E-state index contributed by atoms with van der Waals surface area (Å²) in [5.74, 6) is 2.95. The average Bonchev–Trinajstić information content (AvgIpc) is 3.22. The molecule has 0 bridgehead atoms. The molecule has 0 aliphatic heterocycles. The summed E-state index contributed by atoms with van der Waals surface area (Å²) in [4.78, 5) is 8.89. The lowest BCUT2D eigenvalue weighted by Gasteiger charge is -2.16. The van der Waals surface area contributed by atoms with Crippen LogP contribution in [0, 0.1) is 6.92 Å². The van der Waals surface area contributed by atoms with Crippen LogP contribution in [0.25, 0.3) is 11.1 Å². The van der Waals surface area contributed by atoms with Gasteiger partial charge in [-0.1, -0.05) is 6.07 Å². The third-order valence-electron chi connectivity index (χ3n) is 5.27. The van der Waals surface area contributed by atoms with E-state index in [4.69, 9.17) is 9.47 Å². The molecule has 0 spiro atoms. The number of benzene rings is 1. The van der Waals surface area contributed by atoms with Crippen molar-refractivity contribution >= 4 is 11.8 Å². The molecule has 2 atom stereocenters. The minimum absolute atomic E-state index is 0.323. The highest BCUT2D eigenvalue weighted by Crippen LogP contribution is 2.38. The van der Waals surface area contributed by atoms with Crippen molar-refractivity contribution in [1.29, 1.82) is 0 Å². The highest BCUT2D eigenvalue weighted by atomic mass is 16.5. The molecule has 30 heavy (non-hydrogen) atoms. The van der Waals surface area contributed by atoms with E-state index >= 15 is 0 Å². The van der Waals surface area contributed by atoms with E-state index < -0.39 is 0 Å². The Labute approximate surface area is 176 Å². The summed E-state index contributed by atoms with van der Waals surface area (Å²) in [6, 6.07) is 10.4. The standard InChI is InChI=1S/C22H26N6O2/c1-14-12-24-22(28-27-14)26-17-9-8-16(11-17)25-20-10-7-15(13-23-20)21-18(29-2)5-4-6-19(21)30-3/h4-7,10,12-13,16-17H,8-9,11H2,1-3H3,(H,23,25)(H,24,26,28)/t16-,17-/m0/s1. The van der Waals surface area contributed by atoms with Gasteiger partial charge in [-0.15, -0.1) is 5.10 Å². The van der Waals surface area contributed by atoms with E-state index in [-0.39, 0.29) is 0 Å². The first kappa shape index (κ1) is 19.9. The topological polar surface area (TPSA) is 94.1 Å². The van der Waals surface area contributed by atoms with E-state index in [1.165, 1.54) is 0 Å². The Bertz CT molecular complexity index is 956. The van der Waals surface area contributed by atoms with E-state index in [1.807, 2.05) is 43.5 Å². The SMILES string of the molecule is COc1cccc(OC)c1-c1ccc(N[C@H]2CC[C@H](Nc3ncc(C)nn3)C2)nc1. The summed E-state index contributed by atoms with van der Waals surface area (Å²) in [7, 11) is 3.31. The van der Waals surface area contributed by atoms with Crippen LogP contribution in [0.5, 0.6) is 11.5 Å². The maximum atomic E-state index is 5.50. The molecule has 0 amide bonds. The van der Waals surface area contributed by atoms with Gasteiger partial charge in [-0.2, -0.15) is 5.10 Å². The highest BCUT2D eigenvalue weighted by molar-refractivity contribution is 5.76. The minimum Gasteiger partial charge on any atom is -0.496 e. The fourth-order valence-electron chi connectivity index (χ4n) is 3.80. The first-order valence-electron chi connectivity index (χ1n) is 10.0. The van der Waals surface area contributed by atoms with Gasteiger partial charge in [-0.3, -0.25) is 0 Å². The van der Waals surface area contributed by atoms with E-state index in [2.05, 4.69) is 30.8 Å². The molecule has 8 nitrogen and oxygen atoms in total. The molecule has 2 N–H and O–H groups in total. The number of rotatable bonds is 7. The first-order valence-corrected chi connectivity index (χ1v) is 10.0. The Morgan fingerprint density at radius 3 is 2.20 bits per heavy atom. The van der Waals surface area contributed by atoms with Crippen molar-refractivity contribution < 1.29 is 9.47 Å². The molecule has 4 rings (SSSR count). The van der Waals surface area contributed by atoms with Gasteiger partial charge in [0.05, 0.1) is 31.7 Å². The molecule has 1 saturated carbocycles. The Balaban J connectivity index is 1.39. The first-order chi connectivity index (χ1) is 14.7. The Hall–Kier alpha value is -3.42. The van der Waals surface area contributed by atoms with Gasteiger partial charge in [-0.25, -0.2) is 9.97 Å².